The zero-order valence-electron chi connectivity index (χ0n) is 10.1. The molecule has 0 spiro atoms. The number of rotatable bonds is 11. The van der Waals surface area contributed by atoms with Crippen LogP contribution in [0.4, 0.5) is 0 Å². The summed E-state index contributed by atoms with van der Waals surface area (Å²) in [6.45, 7) is 3.66. The van der Waals surface area contributed by atoms with Gasteiger partial charge >= 0.3 is 0 Å². The average Bonchev–Trinajstić information content (AvgIpc) is 2.24. The molecule has 0 aliphatic carbocycles. The SMILES string of the molecule is CCCCCCSP(O)SCCCCC. The predicted octanol–water partition coefficient (Wildman–Crippen LogP) is 5.44. The minimum Gasteiger partial charge on any atom is -0.355 e. The molecule has 0 radical (unpaired) electrons. The van der Waals surface area contributed by atoms with Gasteiger partial charge in [0.15, 0.2) is 0 Å². The van der Waals surface area contributed by atoms with Crippen molar-refractivity contribution in [3.63, 3.8) is 0 Å². The van der Waals surface area contributed by atoms with Crippen LogP contribution in [-0.4, -0.2) is 16.4 Å². The van der Waals surface area contributed by atoms with Gasteiger partial charge in [-0.05, 0) is 12.8 Å². The van der Waals surface area contributed by atoms with E-state index in [1.807, 2.05) is 0 Å². The fourth-order valence-electron chi connectivity index (χ4n) is 1.20. The molecular formula is C11H25OPS2. The Hall–Kier alpha value is 1.09. The molecular weight excluding hydrogens is 243 g/mol. The summed E-state index contributed by atoms with van der Waals surface area (Å²) >= 11 is 3.53. The Kier molecular flexibility index (Phi) is 14.1. The van der Waals surface area contributed by atoms with E-state index in [9.17, 15) is 4.89 Å². The smallest absolute Gasteiger partial charge is 0.149 e. The molecule has 15 heavy (non-hydrogen) atoms. The minimum atomic E-state index is -0.785. The van der Waals surface area contributed by atoms with Crippen LogP contribution in [0.3, 0.4) is 0 Å². The minimum absolute atomic E-state index is 0.785. The van der Waals surface area contributed by atoms with Crippen molar-refractivity contribution in [3.8, 4) is 0 Å². The summed E-state index contributed by atoms with van der Waals surface area (Å²) in [6, 6.07) is 0. The molecule has 0 aromatic carbocycles. The maximum absolute atomic E-state index is 9.70. The quantitative estimate of drug-likeness (QED) is 0.398. The van der Waals surface area contributed by atoms with Crippen molar-refractivity contribution in [1.82, 2.24) is 0 Å². The van der Waals surface area contributed by atoms with Gasteiger partial charge in [-0.15, -0.1) is 0 Å². The molecule has 0 rings (SSSR count). The van der Waals surface area contributed by atoms with Crippen LogP contribution < -0.4 is 0 Å². The average molecular weight is 268 g/mol. The largest absolute Gasteiger partial charge is 0.355 e. The molecule has 4 heteroatoms. The van der Waals surface area contributed by atoms with Crippen molar-refractivity contribution in [3.05, 3.63) is 0 Å². The van der Waals surface area contributed by atoms with Gasteiger partial charge in [0.1, 0.15) is 6.55 Å². The van der Waals surface area contributed by atoms with Crippen LogP contribution in [0.15, 0.2) is 0 Å². The fraction of sp³-hybridized carbons (Fsp3) is 1.00. The topological polar surface area (TPSA) is 20.2 Å². The molecule has 1 N–H and O–H groups in total. The molecule has 1 nitrogen and oxygen atoms in total. The second kappa shape index (κ2) is 13.2. The van der Waals surface area contributed by atoms with E-state index in [0.717, 1.165) is 11.5 Å². The molecule has 0 aromatic rings. The molecule has 0 aliphatic rings. The van der Waals surface area contributed by atoms with Gasteiger partial charge in [0, 0.05) is 11.5 Å². The molecule has 0 amide bonds. The van der Waals surface area contributed by atoms with Crippen LogP contribution in [-0.2, 0) is 0 Å². The summed E-state index contributed by atoms with van der Waals surface area (Å²) in [6.07, 6.45) is 9.07. The van der Waals surface area contributed by atoms with Crippen LogP contribution in [0.5, 0.6) is 0 Å². The highest BCUT2D eigenvalue weighted by Gasteiger charge is 2.04. The highest BCUT2D eigenvalue weighted by Crippen LogP contribution is 2.57. The Bertz CT molecular complexity index is 125. The normalized spacial score (nSPS) is 13.0. The molecule has 0 bridgehead atoms. The molecule has 0 saturated heterocycles. The van der Waals surface area contributed by atoms with Crippen molar-refractivity contribution >= 4 is 29.3 Å². The first-order chi connectivity index (χ1) is 7.31. The molecule has 0 saturated carbocycles. The Morgan fingerprint density at radius 2 is 1.27 bits per heavy atom. The summed E-state index contributed by atoms with van der Waals surface area (Å²) < 4.78 is 0. The van der Waals surface area contributed by atoms with E-state index in [2.05, 4.69) is 13.8 Å². The lowest BCUT2D eigenvalue weighted by atomic mass is 10.2. The number of hydrogen-bond donors (Lipinski definition) is 1. The number of hydrogen-bond acceptors (Lipinski definition) is 3. The van der Waals surface area contributed by atoms with Gasteiger partial charge < -0.3 is 4.89 Å². The zero-order valence-corrected chi connectivity index (χ0v) is 12.6. The first kappa shape index (κ1) is 16.1. The summed E-state index contributed by atoms with van der Waals surface area (Å²) in [7, 11) is 0. The van der Waals surface area contributed by atoms with Crippen molar-refractivity contribution in [1.29, 1.82) is 0 Å². The highest BCUT2D eigenvalue weighted by molar-refractivity contribution is 8.86. The van der Waals surface area contributed by atoms with Crippen molar-refractivity contribution in [2.45, 2.75) is 58.8 Å². The molecule has 92 valence electrons. The van der Waals surface area contributed by atoms with Crippen molar-refractivity contribution in [2.75, 3.05) is 11.5 Å². The Morgan fingerprint density at radius 1 is 0.800 bits per heavy atom. The first-order valence-electron chi connectivity index (χ1n) is 6.06. The van der Waals surface area contributed by atoms with Gasteiger partial charge in [-0.1, -0.05) is 68.7 Å². The third-order valence-corrected chi connectivity index (χ3v) is 7.85. The molecule has 1 atom stereocenters. The Labute approximate surface area is 105 Å². The van der Waals surface area contributed by atoms with Crippen molar-refractivity contribution in [2.24, 2.45) is 0 Å². The lowest BCUT2D eigenvalue weighted by Gasteiger charge is -2.08. The molecule has 0 heterocycles. The van der Waals surface area contributed by atoms with E-state index >= 15 is 0 Å². The Morgan fingerprint density at radius 3 is 1.80 bits per heavy atom. The molecule has 0 aliphatic heterocycles. The van der Waals surface area contributed by atoms with Gasteiger partial charge in [0.05, 0.1) is 0 Å². The van der Waals surface area contributed by atoms with E-state index in [1.54, 1.807) is 22.8 Å². The van der Waals surface area contributed by atoms with E-state index < -0.39 is 6.55 Å². The van der Waals surface area contributed by atoms with E-state index in [-0.39, 0.29) is 0 Å². The third kappa shape index (κ3) is 13.0. The standard InChI is InChI=1S/C11H25OPS2/c1-3-5-7-9-11-15-13(12)14-10-8-6-4-2/h12H,3-11H2,1-2H3. The third-order valence-electron chi connectivity index (χ3n) is 2.15. The zero-order chi connectivity index (χ0) is 11.4. The van der Waals surface area contributed by atoms with Crippen LogP contribution in [0, 0.1) is 0 Å². The second-order valence-corrected chi connectivity index (χ2v) is 9.80. The van der Waals surface area contributed by atoms with Gasteiger partial charge in [-0.25, -0.2) is 0 Å². The summed E-state index contributed by atoms with van der Waals surface area (Å²) in [5.41, 5.74) is 0. The molecule has 0 fully saturated rings. The Balaban J connectivity index is 3.08. The van der Waals surface area contributed by atoms with Crippen LogP contribution >= 0.6 is 29.3 Å². The summed E-state index contributed by atoms with van der Waals surface area (Å²) in [5, 5.41) is 0. The van der Waals surface area contributed by atoms with Crippen LogP contribution in [0.1, 0.15) is 58.8 Å². The fourth-order valence-corrected chi connectivity index (χ4v) is 6.20. The van der Waals surface area contributed by atoms with E-state index in [4.69, 9.17) is 0 Å². The molecule has 1 unspecified atom stereocenters. The number of unbranched alkanes of at least 4 members (excludes halogenated alkanes) is 5. The van der Waals surface area contributed by atoms with Gasteiger partial charge in [0.2, 0.25) is 0 Å². The second-order valence-electron chi connectivity index (χ2n) is 3.67. The summed E-state index contributed by atoms with van der Waals surface area (Å²) in [4.78, 5) is 9.70. The molecule has 0 aromatic heterocycles. The monoisotopic (exact) mass is 268 g/mol. The lowest BCUT2D eigenvalue weighted by molar-refractivity contribution is 0.655. The van der Waals surface area contributed by atoms with Gasteiger partial charge in [-0.2, -0.15) is 0 Å². The van der Waals surface area contributed by atoms with Crippen molar-refractivity contribution < 1.29 is 4.89 Å². The first-order valence-corrected chi connectivity index (χ1v) is 10.5. The van der Waals surface area contributed by atoms with Crippen LogP contribution in [0.2, 0.25) is 0 Å². The van der Waals surface area contributed by atoms with Gasteiger partial charge in [-0.3, -0.25) is 0 Å². The van der Waals surface area contributed by atoms with Crippen LogP contribution in [0.25, 0.3) is 0 Å². The van der Waals surface area contributed by atoms with E-state index in [1.165, 1.54) is 44.9 Å². The van der Waals surface area contributed by atoms with Gasteiger partial charge in [0.25, 0.3) is 0 Å². The summed E-state index contributed by atoms with van der Waals surface area (Å²) in [5.74, 6) is 2.28. The highest BCUT2D eigenvalue weighted by atomic mass is 33.1. The maximum atomic E-state index is 9.70. The predicted molar refractivity (Wildman–Crippen MR) is 77.7 cm³/mol. The van der Waals surface area contributed by atoms with E-state index in [0.29, 0.717) is 0 Å². The maximum Gasteiger partial charge on any atom is 0.149 e. The lowest BCUT2D eigenvalue weighted by Crippen LogP contribution is -1.80.